The van der Waals surface area contributed by atoms with Crippen LogP contribution in [0.3, 0.4) is 0 Å². The van der Waals surface area contributed by atoms with E-state index in [2.05, 4.69) is 28.2 Å². The van der Waals surface area contributed by atoms with Crippen LogP contribution in [0.5, 0.6) is 0 Å². The van der Waals surface area contributed by atoms with E-state index in [0.717, 1.165) is 74.6 Å². The molecule has 2 fully saturated rings. The Kier molecular flexibility index (Phi) is 7.24. The molecule has 2 aromatic heterocycles. The zero-order valence-electron chi connectivity index (χ0n) is 17.3. The first kappa shape index (κ1) is 21.1. The summed E-state index contributed by atoms with van der Waals surface area (Å²) in [5, 5.41) is 3.60. The van der Waals surface area contributed by atoms with Gasteiger partial charge >= 0.3 is 0 Å². The summed E-state index contributed by atoms with van der Waals surface area (Å²) in [7, 11) is 0. The van der Waals surface area contributed by atoms with Crippen LogP contribution in [0, 0.1) is 0 Å². The van der Waals surface area contributed by atoms with Crippen LogP contribution < -0.4 is 10.2 Å². The van der Waals surface area contributed by atoms with Crippen molar-refractivity contribution in [3.8, 4) is 0 Å². The Labute approximate surface area is 180 Å². The van der Waals surface area contributed by atoms with Crippen LogP contribution in [0.1, 0.15) is 41.8 Å². The van der Waals surface area contributed by atoms with E-state index in [4.69, 9.17) is 18.9 Å². The van der Waals surface area contributed by atoms with E-state index in [9.17, 15) is 4.79 Å². The topological polar surface area (TPSA) is 89.7 Å². The Morgan fingerprint density at radius 1 is 1.27 bits per heavy atom. The number of hydrogen-bond donors (Lipinski definition) is 1. The third kappa shape index (κ3) is 5.53. The molecule has 2 aliphatic heterocycles. The lowest BCUT2D eigenvalue weighted by Crippen LogP contribution is -2.37. The molecule has 0 unspecified atom stereocenters. The first-order valence-electron chi connectivity index (χ1n) is 10.5. The molecule has 1 atom stereocenters. The van der Waals surface area contributed by atoms with Crippen molar-refractivity contribution in [1.29, 1.82) is 0 Å². The van der Waals surface area contributed by atoms with Gasteiger partial charge in [0.05, 0.1) is 25.1 Å². The van der Waals surface area contributed by atoms with Gasteiger partial charge in [-0.05, 0) is 31.4 Å². The molecule has 9 heteroatoms. The fourth-order valence-electron chi connectivity index (χ4n) is 3.47. The number of morpholine rings is 1. The van der Waals surface area contributed by atoms with Gasteiger partial charge in [0.25, 0.3) is 5.91 Å². The fraction of sp³-hybridized carbons (Fsp3) is 0.571. The zero-order chi connectivity index (χ0) is 20.8. The summed E-state index contributed by atoms with van der Waals surface area (Å²) in [5.74, 6) is 2.35. The summed E-state index contributed by atoms with van der Waals surface area (Å²) < 4.78 is 16.7. The molecule has 2 saturated heterocycles. The molecule has 1 N–H and O–H groups in total. The molecule has 8 nitrogen and oxygen atoms in total. The second kappa shape index (κ2) is 10.3. The number of aryl methyl sites for hydroxylation is 1. The number of carbonyl (C=O) groups excluding carboxylic acids is 1. The van der Waals surface area contributed by atoms with Crippen LogP contribution in [0.2, 0.25) is 0 Å². The van der Waals surface area contributed by atoms with Crippen molar-refractivity contribution >= 4 is 23.5 Å². The lowest BCUT2D eigenvalue weighted by molar-refractivity contribution is 0.0834. The number of rotatable bonds is 8. The van der Waals surface area contributed by atoms with E-state index in [1.807, 2.05) is 6.07 Å². The number of hydrogen-bond acceptors (Lipinski definition) is 8. The van der Waals surface area contributed by atoms with E-state index in [1.165, 1.54) is 11.8 Å². The fourth-order valence-corrected chi connectivity index (χ4v) is 4.24. The number of ether oxygens (including phenoxy) is 2. The maximum atomic E-state index is 12.3. The van der Waals surface area contributed by atoms with Gasteiger partial charge in [-0.3, -0.25) is 4.79 Å². The number of amides is 1. The molecular weight excluding hydrogens is 404 g/mol. The summed E-state index contributed by atoms with van der Waals surface area (Å²) in [6.07, 6.45) is 3.01. The second-order valence-electron chi connectivity index (χ2n) is 7.35. The van der Waals surface area contributed by atoms with Gasteiger partial charge in [0, 0.05) is 38.0 Å². The monoisotopic (exact) mass is 432 g/mol. The maximum Gasteiger partial charge on any atom is 0.287 e. The SMILES string of the molecule is CCc1cc(N2CCOCC2)nc(SCc2ccc(C(=O)NC[C@H]3CCCO3)o2)n1. The summed E-state index contributed by atoms with van der Waals surface area (Å²) in [5.41, 5.74) is 1.02. The van der Waals surface area contributed by atoms with Gasteiger partial charge < -0.3 is 24.1 Å². The third-order valence-electron chi connectivity index (χ3n) is 5.19. The van der Waals surface area contributed by atoms with Gasteiger partial charge in [0.2, 0.25) is 0 Å². The maximum absolute atomic E-state index is 12.3. The minimum Gasteiger partial charge on any atom is -0.455 e. The Morgan fingerprint density at radius 2 is 2.13 bits per heavy atom. The Balaban J connectivity index is 1.34. The number of thioether (sulfide) groups is 1. The van der Waals surface area contributed by atoms with Crippen molar-refractivity contribution < 1.29 is 18.7 Å². The zero-order valence-corrected chi connectivity index (χ0v) is 18.1. The Bertz CT molecular complexity index is 847. The molecule has 0 radical (unpaired) electrons. The quantitative estimate of drug-likeness (QED) is 0.503. The normalized spacial score (nSPS) is 19.2. The van der Waals surface area contributed by atoms with Gasteiger partial charge in [0.1, 0.15) is 11.6 Å². The minimum atomic E-state index is -0.208. The number of nitrogens with one attached hydrogen (secondary N) is 1. The van der Waals surface area contributed by atoms with Gasteiger partial charge in [0.15, 0.2) is 10.9 Å². The number of furan rings is 1. The molecule has 4 heterocycles. The van der Waals surface area contributed by atoms with Crippen molar-refractivity contribution in [3.05, 3.63) is 35.4 Å². The van der Waals surface area contributed by atoms with E-state index >= 15 is 0 Å². The largest absolute Gasteiger partial charge is 0.455 e. The molecule has 4 rings (SSSR count). The van der Waals surface area contributed by atoms with Crippen LogP contribution in [0.25, 0.3) is 0 Å². The molecule has 162 valence electrons. The van der Waals surface area contributed by atoms with E-state index in [0.29, 0.717) is 18.1 Å². The minimum absolute atomic E-state index is 0.114. The molecule has 0 aromatic carbocycles. The van der Waals surface area contributed by atoms with Crippen LogP contribution in [0.15, 0.2) is 27.8 Å². The first-order chi connectivity index (χ1) is 14.7. The Morgan fingerprint density at radius 3 is 2.90 bits per heavy atom. The number of carbonyl (C=O) groups is 1. The molecule has 0 saturated carbocycles. The summed E-state index contributed by atoms with van der Waals surface area (Å²) in [6.45, 7) is 6.51. The highest BCUT2D eigenvalue weighted by Gasteiger charge is 2.19. The predicted molar refractivity (Wildman–Crippen MR) is 114 cm³/mol. The average Bonchev–Trinajstić information content (AvgIpc) is 3.48. The lowest BCUT2D eigenvalue weighted by atomic mass is 10.2. The number of aromatic nitrogens is 2. The molecular formula is C21H28N4O4S. The lowest BCUT2D eigenvalue weighted by Gasteiger charge is -2.28. The summed E-state index contributed by atoms with van der Waals surface area (Å²) >= 11 is 1.51. The molecule has 0 aliphatic carbocycles. The van der Waals surface area contributed by atoms with Crippen LogP contribution >= 0.6 is 11.8 Å². The molecule has 2 aliphatic rings. The predicted octanol–water partition coefficient (Wildman–Crippen LogP) is 2.67. The van der Waals surface area contributed by atoms with Crippen molar-refractivity contribution in [3.63, 3.8) is 0 Å². The van der Waals surface area contributed by atoms with Crippen LogP contribution in [-0.4, -0.2) is 61.4 Å². The van der Waals surface area contributed by atoms with Crippen molar-refractivity contribution in [1.82, 2.24) is 15.3 Å². The second-order valence-corrected chi connectivity index (χ2v) is 8.30. The van der Waals surface area contributed by atoms with E-state index in [1.54, 1.807) is 6.07 Å². The number of nitrogens with zero attached hydrogens (tertiary/aromatic N) is 3. The van der Waals surface area contributed by atoms with E-state index < -0.39 is 0 Å². The van der Waals surface area contributed by atoms with Gasteiger partial charge in [-0.2, -0.15) is 0 Å². The highest BCUT2D eigenvalue weighted by Crippen LogP contribution is 2.24. The van der Waals surface area contributed by atoms with Crippen molar-refractivity contribution in [2.24, 2.45) is 0 Å². The van der Waals surface area contributed by atoms with Crippen LogP contribution in [-0.2, 0) is 21.6 Å². The summed E-state index contributed by atoms with van der Waals surface area (Å²) in [6, 6.07) is 5.60. The van der Waals surface area contributed by atoms with Crippen LogP contribution in [0.4, 0.5) is 5.82 Å². The summed E-state index contributed by atoms with van der Waals surface area (Å²) in [4.78, 5) is 23.9. The number of anilines is 1. The van der Waals surface area contributed by atoms with Gasteiger partial charge in [-0.1, -0.05) is 18.7 Å². The molecule has 30 heavy (non-hydrogen) atoms. The molecule has 0 bridgehead atoms. The standard InChI is InChI=1S/C21H28N4O4S/c1-2-15-12-19(25-7-10-27-11-8-25)24-21(23-15)30-14-17-5-6-18(29-17)20(26)22-13-16-4-3-9-28-16/h5-6,12,16H,2-4,7-11,13-14H2,1H3,(H,22,26)/t16-/m1/s1. The average molecular weight is 433 g/mol. The third-order valence-corrected chi connectivity index (χ3v) is 6.06. The van der Waals surface area contributed by atoms with Crippen molar-refractivity contribution in [2.75, 3.05) is 44.4 Å². The highest BCUT2D eigenvalue weighted by atomic mass is 32.2. The smallest absolute Gasteiger partial charge is 0.287 e. The van der Waals surface area contributed by atoms with Gasteiger partial charge in [-0.25, -0.2) is 9.97 Å². The molecule has 2 aromatic rings. The highest BCUT2D eigenvalue weighted by molar-refractivity contribution is 7.98. The Hall–Kier alpha value is -2.10. The van der Waals surface area contributed by atoms with Gasteiger partial charge in [-0.15, -0.1) is 0 Å². The molecule has 0 spiro atoms. The first-order valence-corrected chi connectivity index (χ1v) is 11.5. The van der Waals surface area contributed by atoms with Crippen molar-refractivity contribution in [2.45, 2.75) is 43.2 Å². The van der Waals surface area contributed by atoms with E-state index in [-0.39, 0.29) is 12.0 Å². The molecule has 1 amide bonds.